The molecule has 1 unspecified atom stereocenters. The number of amides is 2. The second-order valence-corrected chi connectivity index (χ2v) is 9.43. The molecule has 10 heteroatoms. The number of hydrogen-bond donors (Lipinski definition) is 1. The summed E-state index contributed by atoms with van der Waals surface area (Å²) >= 11 is 6.16. The fourth-order valence-corrected chi connectivity index (χ4v) is 5.18. The third-order valence-corrected chi connectivity index (χ3v) is 7.21. The van der Waals surface area contributed by atoms with Crippen LogP contribution < -0.4 is 5.32 Å². The van der Waals surface area contributed by atoms with E-state index in [2.05, 4.69) is 15.2 Å². The summed E-state index contributed by atoms with van der Waals surface area (Å²) in [6.07, 6.45) is 6.55. The molecule has 192 valence electrons. The molecule has 0 bridgehead atoms. The maximum atomic E-state index is 13.2. The van der Waals surface area contributed by atoms with Gasteiger partial charge < -0.3 is 19.9 Å². The van der Waals surface area contributed by atoms with Crippen molar-refractivity contribution in [1.29, 1.82) is 0 Å². The van der Waals surface area contributed by atoms with Gasteiger partial charge in [-0.1, -0.05) is 29.8 Å². The summed E-state index contributed by atoms with van der Waals surface area (Å²) in [6.45, 7) is 4.04. The largest absolute Gasteiger partial charge is 0.453 e. The Morgan fingerprint density at radius 1 is 1.17 bits per heavy atom. The van der Waals surface area contributed by atoms with Gasteiger partial charge in [-0.05, 0) is 68.1 Å². The van der Waals surface area contributed by atoms with E-state index in [1.165, 1.54) is 7.11 Å². The first-order valence-corrected chi connectivity index (χ1v) is 11.9. The number of halogens is 3. The molecule has 2 saturated heterocycles. The lowest BCUT2D eigenvalue weighted by atomic mass is 9.77. The van der Waals surface area contributed by atoms with Crippen molar-refractivity contribution >= 4 is 48.4 Å². The first-order valence-electron chi connectivity index (χ1n) is 11.5. The van der Waals surface area contributed by atoms with Crippen LogP contribution >= 0.6 is 36.4 Å². The second-order valence-electron chi connectivity index (χ2n) is 8.99. The highest BCUT2D eigenvalue weighted by molar-refractivity contribution is 6.30. The zero-order valence-corrected chi connectivity index (χ0v) is 22.2. The topological polar surface area (TPSA) is 74.8 Å². The summed E-state index contributed by atoms with van der Waals surface area (Å²) in [5.74, 6) is 0.287. The van der Waals surface area contributed by atoms with Gasteiger partial charge >= 0.3 is 6.09 Å². The molecule has 2 fully saturated rings. The van der Waals surface area contributed by atoms with Crippen LogP contribution in [0, 0.1) is 5.41 Å². The molecular weight excluding hydrogens is 511 g/mol. The number of likely N-dealkylation sites (tertiary alicyclic amines) is 2. The molecular formula is C25H33Cl3N4O3. The Hall–Kier alpha value is -2.06. The van der Waals surface area contributed by atoms with Crippen LogP contribution in [0.15, 0.2) is 48.8 Å². The van der Waals surface area contributed by atoms with E-state index >= 15 is 0 Å². The molecule has 0 aliphatic carbocycles. The predicted molar refractivity (Wildman–Crippen MR) is 141 cm³/mol. The van der Waals surface area contributed by atoms with Crippen LogP contribution in [0.1, 0.15) is 42.9 Å². The number of ether oxygens (including phenoxy) is 1. The molecule has 1 spiro atoms. The average Bonchev–Trinajstić information content (AvgIpc) is 3.13. The Morgan fingerprint density at radius 2 is 1.91 bits per heavy atom. The van der Waals surface area contributed by atoms with Gasteiger partial charge in [0.2, 0.25) is 5.91 Å². The fourth-order valence-electron chi connectivity index (χ4n) is 4.98. The number of benzene rings is 1. The van der Waals surface area contributed by atoms with E-state index in [9.17, 15) is 9.59 Å². The van der Waals surface area contributed by atoms with Crippen molar-refractivity contribution in [3.05, 3.63) is 64.9 Å². The summed E-state index contributed by atoms with van der Waals surface area (Å²) < 4.78 is 4.81. The maximum Gasteiger partial charge on any atom is 0.407 e. The zero-order valence-electron chi connectivity index (χ0n) is 19.8. The van der Waals surface area contributed by atoms with Crippen molar-refractivity contribution in [3.63, 3.8) is 0 Å². The Morgan fingerprint density at radius 3 is 2.57 bits per heavy atom. The summed E-state index contributed by atoms with van der Waals surface area (Å²) in [6, 6.07) is 11.3. The van der Waals surface area contributed by atoms with E-state index in [1.54, 1.807) is 6.20 Å². The number of aromatic nitrogens is 1. The van der Waals surface area contributed by atoms with Crippen molar-refractivity contribution < 1.29 is 14.3 Å². The number of rotatable bonds is 7. The van der Waals surface area contributed by atoms with Crippen molar-refractivity contribution in [2.75, 3.05) is 33.3 Å². The standard InChI is InChI=1S/C25H31ClN4O3.2ClH/c1-33-24(32)28-22(20-5-2-6-21(26)16-20)7-12-29-13-8-25(9-14-29)10-15-30(23(25)31)18-19-4-3-11-27-17-19;;/h2-6,11,16-17,22H,7-10,12-15,18H2,1H3,(H,28,32);2*1H. The maximum absolute atomic E-state index is 13.2. The molecule has 2 amide bonds. The van der Waals surface area contributed by atoms with Crippen molar-refractivity contribution in [2.24, 2.45) is 5.41 Å². The number of piperidine rings is 1. The van der Waals surface area contributed by atoms with Gasteiger partial charge in [0.05, 0.1) is 18.6 Å². The number of methoxy groups -OCH3 is 1. The Labute approximate surface area is 224 Å². The molecule has 3 heterocycles. The first kappa shape index (κ1) is 29.2. The van der Waals surface area contributed by atoms with Crippen LogP contribution in [0.5, 0.6) is 0 Å². The highest BCUT2D eigenvalue weighted by atomic mass is 35.5. The van der Waals surface area contributed by atoms with E-state index in [-0.39, 0.29) is 42.2 Å². The van der Waals surface area contributed by atoms with Gasteiger partial charge in [0.15, 0.2) is 0 Å². The highest BCUT2D eigenvalue weighted by Crippen LogP contribution is 2.42. The fraction of sp³-hybridized carbons (Fsp3) is 0.480. The van der Waals surface area contributed by atoms with Crippen LogP contribution in [-0.2, 0) is 16.1 Å². The number of nitrogens with one attached hydrogen (secondary N) is 1. The lowest BCUT2D eigenvalue weighted by Gasteiger charge is -2.38. The molecule has 0 saturated carbocycles. The third-order valence-electron chi connectivity index (χ3n) is 6.97. The molecule has 2 aromatic rings. The Balaban J connectivity index is 0.00000216. The van der Waals surface area contributed by atoms with Crippen LogP contribution in [0.4, 0.5) is 4.79 Å². The van der Waals surface area contributed by atoms with Crippen LogP contribution in [0.25, 0.3) is 0 Å². The normalized spacial score (nSPS) is 17.9. The number of alkyl carbamates (subject to hydrolysis) is 1. The van der Waals surface area contributed by atoms with Crippen LogP contribution in [0.3, 0.4) is 0 Å². The monoisotopic (exact) mass is 542 g/mol. The minimum atomic E-state index is -0.456. The number of carbonyl (C=O) groups is 2. The molecule has 35 heavy (non-hydrogen) atoms. The number of nitrogens with zero attached hydrogens (tertiary/aromatic N) is 3. The number of pyridine rings is 1. The third kappa shape index (κ3) is 7.23. The summed E-state index contributed by atoms with van der Waals surface area (Å²) in [4.78, 5) is 33.7. The summed E-state index contributed by atoms with van der Waals surface area (Å²) in [5.41, 5.74) is 1.80. The lowest BCUT2D eigenvalue weighted by Crippen LogP contribution is -2.45. The highest BCUT2D eigenvalue weighted by Gasteiger charge is 2.47. The molecule has 1 atom stereocenters. The first-order chi connectivity index (χ1) is 16.0. The van der Waals surface area contributed by atoms with Gasteiger partial charge in [0.1, 0.15) is 0 Å². The zero-order chi connectivity index (χ0) is 23.3. The Bertz CT molecular complexity index is 971. The smallest absolute Gasteiger partial charge is 0.407 e. The van der Waals surface area contributed by atoms with Crippen LogP contribution in [-0.4, -0.2) is 60.1 Å². The van der Waals surface area contributed by atoms with Gasteiger partial charge in [-0.25, -0.2) is 4.79 Å². The predicted octanol–water partition coefficient (Wildman–Crippen LogP) is 4.88. The molecule has 4 rings (SSSR count). The molecule has 1 aromatic carbocycles. The summed E-state index contributed by atoms with van der Waals surface area (Å²) in [5, 5.41) is 3.56. The number of carbonyl (C=O) groups excluding carboxylic acids is 2. The molecule has 1 aromatic heterocycles. The average molecular weight is 544 g/mol. The van der Waals surface area contributed by atoms with Crippen molar-refractivity contribution in [2.45, 2.75) is 38.3 Å². The minimum Gasteiger partial charge on any atom is -0.453 e. The minimum absolute atomic E-state index is 0. The van der Waals surface area contributed by atoms with Gasteiger partial charge in [-0.3, -0.25) is 9.78 Å². The quantitative estimate of drug-likeness (QED) is 0.539. The molecule has 2 aliphatic heterocycles. The lowest BCUT2D eigenvalue weighted by molar-refractivity contribution is -0.138. The van der Waals surface area contributed by atoms with E-state index in [1.807, 2.05) is 47.5 Å². The van der Waals surface area contributed by atoms with Gasteiger partial charge in [-0.15, -0.1) is 24.8 Å². The number of hydrogen-bond acceptors (Lipinski definition) is 5. The van der Waals surface area contributed by atoms with Crippen molar-refractivity contribution in [3.8, 4) is 0 Å². The van der Waals surface area contributed by atoms with Crippen LogP contribution in [0.2, 0.25) is 5.02 Å². The molecule has 7 nitrogen and oxygen atoms in total. The second kappa shape index (κ2) is 13.3. The summed E-state index contributed by atoms with van der Waals surface area (Å²) in [7, 11) is 1.37. The van der Waals surface area contributed by atoms with Gasteiger partial charge in [0.25, 0.3) is 0 Å². The van der Waals surface area contributed by atoms with Gasteiger partial charge in [0, 0.05) is 37.1 Å². The van der Waals surface area contributed by atoms with Crippen molar-refractivity contribution in [1.82, 2.24) is 20.1 Å². The molecule has 0 radical (unpaired) electrons. The Kier molecular flexibility index (Phi) is 11.1. The van der Waals surface area contributed by atoms with E-state index in [0.29, 0.717) is 11.6 Å². The molecule has 1 N–H and O–H groups in total. The van der Waals surface area contributed by atoms with E-state index < -0.39 is 6.09 Å². The van der Waals surface area contributed by atoms with E-state index in [4.69, 9.17) is 16.3 Å². The molecule has 2 aliphatic rings. The van der Waals surface area contributed by atoms with E-state index in [0.717, 1.165) is 63.0 Å². The van der Waals surface area contributed by atoms with Gasteiger partial charge in [-0.2, -0.15) is 0 Å². The SMILES string of the molecule is COC(=O)NC(CCN1CCC2(CC1)CCN(Cc1cccnc1)C2=O)c1cccc(Cl)c1.Cl.Cl.